The lowest BCUT2D eigenvalue weighted by Gasteiger charge is -2.20. The molecule has 1 rings (SSSR count). The van der Waals surface area contributed by atoms with Gasteiger partial charge >= 0.3 is 5.97 Å². The third-order valence-corrected chi connectivity index (χ3v) is 4.15. The Kier molecular flexibility index (Phi) is 9.51. The molecule has 0 aromatic heterocycles. The number of primary amides is 2. The largest absolute Gasteiger partial charge is 0.480 e. The van der Waals surface area contributed by atoms with E-state index in [2.05, 4.69) is 21.3 Å². The fraction of sp³-hybridized carbons (Fsp3) is 0.625. The molecule has 162 valence electrons. The number of carboxylic acids is 1. The van der Waals surface area contributed by atoms with Crippen LogP contribution in [-0.4, -0.2) is 71.8 Å². The maximum absolute atomic E-state index is 12.3. The summed E-state index contributed by atoms with van der Waals surface area (Å²) in [6.45, 7) is 0.0530. The van der Waals surface area contributed by atoms with Gasteiger partial charge in [-0.05, 0) is 25.8 Å². The van der Waals surface area contributed by atoms with Crippen molar-refractivity contribution in [1.29, 1.82) is 0 Å². The van der Waals surface area contributed by atoms with E-state index in [4.69, 9.17) is 16.6 Å². The average molecular weight is 414 g/mol. The average Bonchev–Trinajstić information content (AvgIpc) is 3.16. The topological polar surface area (TPSA) is 223 Å². The van der Waals surface area contributed by atoms with Gasteiger partial charge in [0.05, 0.1) is 19.0 Å². The van der Waals surface area contributed by atoms with Crippen LogP contribution >= 0.6 is 0 Å². The highest BCUT2D eigenvalue weighted by molar-refractivity contribution is 5.95. The molecule has 0 aromatic rings. The normalized spacial score (nSPS) is 17.6. The predicted molar refractivity (Wildman–Crippen MR) is 97.8 cm³/mol. The molecule has 0 radical (unpaired) electrons. The fourth-order valence-electron chi connectivity index (χ4n) is 2.67. The second-order valence-electron chi connectivity index (χ2n) is 6.56. The zero-order valence-electron chi connectivity index (χ0n) is 15.7. The number of carbonyl (C=O) groups is 6. The van der Waals surface area contributed by atoms with Crippen molar-refractivity contribution >= 4 is 35.5 Å². The number of nitrogens with one attached hydrogen (secondary N) is 4. The molecule has 0 aromatic carbocycles. The number of hydrogen-bond acceptors (Lipinski definition) is 7. The van der Waals surface area contributed by atoms with Crippen LogP contribution in [-0.2, 0) is 28.8 Å². The predicted octanol–water partition coefficient (Wildman–Crippen LogP) is -3.95. The maximum atomic E-state index is 12.3. The monoisotopic (exact) mass is 414 g/mol. The van der Waals surface area contributed by atoms with Gasteiger partial charge in [-0.1, -0.05) is 0 Å². The van der Waals surface area contributed by atoms with E-state index < -0.39 is 66.6 Å². The molecule has 29 heavy (non-hydrogen) atoms. The molecule has 0 spiro atoms. The van der Waals surface area contributed by atoms with Crippen molar-refractivity contribution in [3.63, 3.8) is 0 Å². The summed E-state index contributed by atoms with van der Waals surface area (Å²) in [5.74, 6) is -5.04. The summed E-state index contributed by atoms with van der Waals surface area (Å²) in [5.41, 5.74) is 10.1. The first-order valence-corrected chi connectivity index (χ1v) is 9.00. The summed E-state index contributed by atoms with van der Waals surface area (Å²) in [5, 5.41) is 18.8. The van der Waals surface area contributed by atoms with Crippen molar-refractivity contribution in [3.8, 4) is 0 Å². The summed E-state index contributed by atoms with van der Waals surface area (Å²) in [4.78, 5) is 69.3. The molecular weight excluding hydrogens is 388 g/mol. The van der Waals surface area contributed by atoms with E-state index in [0.717, 1.165) is 6.42 Å². The molecule has 1 heterocycles. The zero-order chi connectivity index (χ0) is 22.0. The molecule has 0 saturated carbocycles. The molecule has 1 saturated heterocycles. The molecule has 5 amide bonds. The Balaban J connectivity index is 2.58. The van der Waals surface area contributed by atoms with Gasteiger partial charge in [0.25, 0.3) is 0 Å². The van der Waals surface area contributed by atoms with Gasteiger partial charge in [0.1, 0.15) is 12.1 Å². The van der Waals surface area contributed by atoms with Crippen LogP contribution in [0, 0.1) is 0 Å². The smallest absolute Gasteiger partial charge is 0.326 e. The van der Waals surface area contributed by atoms with E-state index in [-0.39, 0.29) is 12.8 Å². The van der Waals surface area contributed by atoms with E-state index in [9.17, 15) is 28.8 Å². The summed E-state index contributed by atoms with van der Waals surface area (Å²) < 4.78 is 0. The van der Waals surface area contributed by atoms with Crippen LogP contribution in [0.15, 0.2) is 0 Å². The van der Waals surface area contributed by atoms with E-state index >= 15 is 0 Å². The SMILES string of the molecule is NC(=O)CCC(NC(=O)CNC(=O)C(CC(N)=O)NC(=O)C1CCCN1)C(=O)O. The summed E-state index contributed by atoms with van der Waals surface area (Å²) in [7, 11) is 0. The molecule has 0 aliphatic carbocycles. The second-order valence-corrected chi connectivity index (χ2v) is 6.56. The lowest BCUT2D eigenvalue weighted by molar-refractivity contribution is -0.142. The van der Waals surface area contributed by atoms with Crippen LogP contribution in [0.2, 0.25) is 0 Å². The van der Waals surface area contributed by atoms with Crippen LogP contribution in [0.4, 0.5) is 0 Å². The number of rotatable bonds is 12. The van der Waals surface area contributed by atoms with Gasteiger partial charge < -0.3 is 37.8 Å². The minimum absolute atomic E-state index is 0.209. The van der Waals surface area contributed by atoms with Crippen molar-refractivity contribution in [2.75, 3.05) is 13.1 Å². The van der Waals surface area contributed by atoms with Gasteiger partial charge in [-0.25, -0.2) is 4.79 Å². The molecule has 3 atom stereocenters. The number of aliphatic carboxylic acids is 1. The van der Waals surface area contributed by atoms with Crippen LogP contribution < -0.4 is 32.7 Å². The molecule has 1 aliphatic rings. The quantitative estimate of drug-likeness (QED) is 0.166. The van der Waals surface area contributed by atoms with Gasteiger partial charge in [0.2, 0.25) is 29.5 Å². The first kappa shape index (κ1) is 23.8. The van der Waals surface area contributed by atoms with E-state index in [1.165, 1.54) is 0 Å². The number of amides is 5. The van der Waals surface area contributed by atoms with E-state index in [0.29, 0.717) is 13.0 Å². The van der Waals surface area contributed by atoms with Crippen LogP contribution in [0.1, 0.15) is 32.1 Å². The molecule has 13 heteroatoms. The molecule has 9 N–H and O–H groups in total. The third kappa shape index (κ3) is 9.01. The number of nitrogens with two attached hydrogens (primary N) is 2. The first-order chi connectivity index (χ1) is 13.6. The summed E-state index contributed by atoms with van der Waals surface area (Å²) in [6, 6.07) is -3.12. The highest BCUT2D eigenvalue weighted by Crippen LogP contribution is 2.05. The Hall–Kier alpha value is -3.22. The van der Waals surface area contributed by atoms with Crippen molar-refractivity contribution in [1.82, 2.24) is 21.3 Å². The highest BCUT2D eigenvalue weighted by Gasteiger charge is 2.29. The van der Waals surface area contributed by atoms with Gasteiger partial charge in [-0.15, -0.1) is 0 Å². The number of carboxylic acid groups (broad SMARTS) is 1. The van der Waals surface area contributed by atoms with Crippen molar-refractivity contribution in [3.05, 3.63) is 0 Å². The number of carbonyl (C=O) groups excluding carboxylic acids is 5. The Morgan fingerprint density at radius 3 is 2.24 bits per heavy atom. The van der Waals surface area contributed by atoms with Gasteiger partial charge in [-0.2, -0.15) is 0 Å². The molecule has 1 fully saturated rings. The summed E-state index contributed by atoms with van der Waals surface area (Å²) in [6.07, 6.45) is 0.458. The molecule has 3 unspecified atom stereocenters. The Bertz CT molecular complexity index is 662. The van der Waals surface area contributed by atoms with Crippen molar-refractivity contribution in [2.45, 2.75) is 50.2 Å². The Morgan fingerprint density at radius 1 is 1.03 bits per heavy atom. The minimum Gasteiger partial charge on any atom is -0.480 e. The summed E-state index contributed by atoms with van der Waals surface area (Å²) >= 11 is 0. The lowest BCUT2D eigenvalue weighted by atomic mass is 10.1. The van der Waals surface area contributed by atoms with Crippen molar-refractivity contribution < 1.29 is 33.9 Å². The number of hydrogen-bond donors (Lipinski definition) is 7. The standard InChI is InChI=1S/C16H26N6O7/c17-11(23)4-3-9(16(28)29)21-13(25)7-20-14(26)10(6-12(18)24)22-15(27)8-2-1-5-19-8/h8-10,19H,1-7H2,(H2,17,23)(H2,18,24)(H,20,26)(H,21,25)(H,22,27)(H,28,29). The molecule has 13 nitrogen and oxygen atoms in total. The van der Waals surface area contributed by atoms with Crippen LogP contribution in [0.25, 0.3) is 0 Å². The highest BCUT2D eigenvalue weighted by atomic mass is 16.4. The Labute approximate surface area is 166 Å². The van der Waals surface area contributed by atoms with E-state index in [1.807, 2.05) is 0 Å². The van der Waals surface area contributed by atoms with Gasteiger partial charge in [0, 0.05) is 6.42 Å². The fourth-order valence-corrected chi connectivity index (χ4v) is 2.67. The second kappa shape index (κ2) is 11.6. The van der Waals surface area contributed by atoms with Gasteiger partial charge in [-0.3, -0.25) is 24.0 Å². The first-order valence-electron chi connectivity index (χ1n) is 9.00. The molecular formula is C16H26N6O7. The Morgan fingerprint density at radius 2 is 1.72 bits per heavy atom. The van der Waals surface area contributed by atoms with Gasteiger partial charge in [0.15, 0.2) is 0 Å². The molecule has 0 bridgehead atoms. The van der Waals surface area contributed by atoms with Crippen molar-refractivity contribution in [2.24, 2.45) is 11.5 Å². The zero-order valence-corrected chi connectivity index (χ0v) is 15.7. The van der Waals surface area contributed by atoms with Crippen LogP contribution in [0.5, 0.6) is 0 Å². The minimum atomic E-state index is -1.37. The maximum Gasteiger partial charge on any atom is 0.326 e. The van der Waals surface area contributed by atoms with E-state index in [1.54, 1.807) is 0 Å². The lowest BCUT2D eigenvalue weighted by Crippen LogP contribution is -2.54. The third-order valence-electron chi connectivity index (χ3n) is 4.15. The van der Waals surface area contributed by atoms with Crippen LogP contribution in [0.3, 0.4) is 0 Å². The molecule has 1 aliphatic heterocycles.